The van der Waals surface area contributed by atoms with Gasteiger partial charge in [0.05, 0.1) is 7.11 Å². The first-order valence-electron chi connectivity index (χ1n) is 7.81. The van der Waals surface area contributed by atoms with Gasteiger partial charge < -0.3 is 10.5 Å². The largest absolute Gasteiger partial charge is 0.496 e. The maximum Gasteiger partial charge on any atom is 0.121 e. The average Bonchev–Trinajstić information content (AvgIpc) is 2.61. The summed E-state index contributed by atoms with van der Waals surface area (Å²) >= 11 is 0. The molecule has 112 valence electrons. The van der Waals surface area contributed by atoms with Crippen molar-refractivity contribution in [1.82, 2.24) is 4.90 Å². The Morgan fingerprint density at radius 1 is 1.35 bits per heavy atom. The quantitative estimate of drug-likeness (QED) is 0.917. The fourth-order valence-corrected chi connectivity index (χ4v) is 3.34. The Kier molecular flexibility index (Phi) is 5.44. The highest BCUT2D eigenvalue weighted by Gasteiger charge is 2.28. The number of rotatable bonds is 4. The summed E-state index contributed by atoms with van der Waals surface area (Å²) in [5.41, 5.74) is 9.01. The highest BCUT2D eigenvalue weighted by Crippen LogP contribution is 2.32. The zero-order chi connectivity index (χ0) is 14.5. The molecule has 2 N–H and O–H groups in total. The van der Waals surface area contributed by atoms with Crippen LogP contribution in [0.3, 0.4) is 0 Å². The van der Waals surface area contributed by atoms with Crippen LogP contribution >= 0.6 is 0 Å². The van der Waals surface area contributed by atoms with E-state index < -0.39 is 0 Å². The molecule has 2 rings (SSSR count). The van der Waals surface area contributed by atoms with Crippen molar-refractivity contribution in [2.75, 3.05) is 20.2 Å². The van der Waals surface area contributed by atoms with Crippen LogP contribution in [0.2, 0.25) is 0 Å². The summed E-state index contributed by atoms with van der Waals surface area (Å²) in [6, 6.07) is 7.09. The molecule has 0 radical (unpaired) electrons. The first-order chi connectivity index (χ1) is 9.67. The van der Waals surface area contributed by atoms with Crippen LogP contribution in [0.4, 0.5) is 0 Å². The Hall–Kier alpha value is -1.06. The first kappa shape index (κ1) is 15.3. The molecule has 1 saturated heterocycles. The van der Waals surface area contributed by atoms with E-state index in [9.17, 15) is 0 Å². The third kappa shape index (κ3) is 3.33. The third-order valence-corrected chi connectivity index (χ3v) is 4.30. The number of methoxy groups -OCH3 is 1. The van der Waals surface area contributed by atoms with E-state index in [0.717, 1.165) is 25.3 Å². The SMILES string of the molecule is CCCN1CCCCC(N)C1c1ccc(OC)c(C)c1. The second-order valence-electron chi connectivity index (χ2n) is 5.87. The summed E-state index contributed by atoms with van der Waals surface area (Å²) in [6.45, 7) is 6.64. The molecule has 3 heteroatoms. The van der Waals surface area contributed by atoms with E-state index in [1.165, 1.54) is 30.4 Å². The molecule has 2 atom stereocenters. The topological polar surface area (TPSA) is 38.5 Å². The van der Waals surface area contributed by atoms with Crippen molar-refractivity contribution in [2.45, 2.75) is 51.6 Å². The Bertz CT molecular complexity index is 433. The van der Waals surface area contributed by atoms with E-state index in [-0.39, 0.29) is 6.04 Å². The van der Waals surface area contributed by atoms with Gasteiger partial charge in [-0.25, -0.2) is 0 Å². The van der Waals surface area contributed by atoms with Crippen LogP contribution in [0.15, 0.2) is 18.2 Å². The van der Waals surface area contributed by atoms with E-state index in [4.69, 9.17) is 10.5 Å². The highest BCUT2D eigenvalue weighted by molar-refractivity contribution is 5.38. The van der Waals surface area contributed by atoms with Gasteiger partial charge in [-0.15, -0.1) is 0 Å². The number of benzene rings is 1. The fourth-order valence-electron chi connectivity index (χ4n) is 3.34. The molecule has 1 aliphatic heterocycles. The number of nitrogens with two attached hydrogens (primary N) is 1. The van der Waals surface area contributed by atoms with Crippen LogP contribution in [0.25, 0.3) is 0 Å². The summed E-state index contributed by atoms with van der Waals surface area (Å²) in [4.78, 5) is 2.57. The van der Waals surface area contributed by atoms with Gasteiger partial charge in [-0.1, -0.05) is 25.5 Å². The average molecular weight is 276 g/mol. The molecule has 0 amide bonds. The predicted molar refractivity (Wildman–Crippen MR) is 84.2 cm³/mol. The molecule has 1 aliphatic rings. The Morgan fingerprint density at radius 2 is 2.15 bits per heavy atom. The molecular formula is C17H28N2O. The van der Waals surface area contributed by atoms with E-state index in [1.807, 2.05) is 0 Å². The van der Waals surface area contributed by atoms with Gasteiger partial charge >= 0.3 is 0 Å². The van der Waals surface area contributed by atoms with E-state index in [1.54, 1.807) is 7.11 Å². The summed E-state index contributed by atoms with van der Waals surface area (Å²) in [6.07, 6.45) is 4.81. The smallest absolute Gasteiger partial charge is 0.121 e. The minimum Gasteiger partial charge on any atom is -0.496 e. The number of likely N-dealkylation sites (tertiary alicyclic amines) is 1. The van der Waals surface area contributed by atoms with Crippen LogP contribution in [0.1, 0.15) is 49.8 Å². The van der Waals surface area contributed by atoms with Gasteiger partial charge in [-0.2, -0.15) is 0 Å². The van der Waals surface area contributed by atoms with Gasteiger partial charge in [0.15, 0.2) is 0 Å². The minimum atomic E-state index is 0.233. The lowest BCUT2D eigenvalue weighted by Gasteiger charge is -2.34. The van der Waals surface area contributed by atoms with Gasteiger partial charge in [0.25, 0.3) is 0 Å². The van der Waals surface area contributed by atoms with E-state index >= 15 is 0 Å². The van der Waals surface area contributed by atoms with Gasteiger partial charge in [-0.05, 0) is 56.5 Å². The van der Waals surface area contributed by atoms with Crippen molar-refractivity contribution in [1.29, 1.82) is 0 Å². The highest BCUT2D eigenvalue weighted by atomic mass is 16.5. The lowest BCUT2D eigenvalue weighted by Crippen LogP contribution is -2.40. The molecule has 0 aromatic heterocycles. The van der Waals surface area contributed by atoms with Gasteiger partial charge in [-0.3, -0.25) is 4.90 Å². The molecule has 0 spiro atoms. The standard InChI is InChI=1S/C17H28N2O/c1-4-10-19-11-6-5-7-15(18)17(19)14-8-9-16(20-3)13(2)12-14/h8-9,12,15,17H,4-7,10-11,18H2,1-3H3. The Balaban J connectivity index is 2.31. The minimum absolute atomic E-state index is 0.233. The second kappa shape index (κ2) is 7.09. The Labute approximate surface area is 123 Å². The summed E-state index contributed by atoms with van der Waals surface area (Å²) < 4.78 is 5.37. The van der Waals surface area contributed by atoms with Crippen molar-refractivity contribution >= 4 is 0 Å². The van der Waals surface area contributed by atoms with Crippen molar-refractivity contribution in [3.8, 4) is 5.75 Å². The number of ether oxygens (including phenoxy) is 1. The zero-order valence-electron chi connectivity index (χ0n) is 13.1. The number of nitrogens with zero attached hydrogens (tertiary/aromatic N) is 1. The van der Waals surface area contributed by atoms with Crippen LogP contribution in [0.5, 0.6) is 5.75 Å². The molecule has 2 unspecified atom stereocenters. The molecular weight excluding hydrogens is 248 g/mol. The lowest BCUT2D eigenvalue weighted by atomic mass is 9.94. The molecule has 3 nitrogen and oxygen atoms in total. The zero-order valence-corrected chi connectivity index (χ0v) is 13.1. The molecule has 20 heavy (non-hydrogen) atoms. The van der Waals surface area contributed by atoms with Crippen molar-refractivity contribution in [3.05, 3.63) is 29.3 Å². The van der Waals surface area contributed by atoms with Crippen LogP contribution < -0.4 is 10.5 Å². The molecule has 0 bridgehead atoms. The van der Waals surface area contributed by atoms with Crippen LogP contribution in [0, 0.1) is 6.92 Å². The molecule has 1 aromatic rings. The third-order valence-electron chi connectivity index (χ3n) is 4.30. The van der Waals surface area contributed by atoms with Gasteiger partial charge in [0, 0.05) is 12.1 Å². The number of hydrogen-bond donors (Lipinski definition) is 1. The molecule has 1 heterocycles. The monoisotopic (exact) mass is 276 g/mol. The van der Waals surface area contributed by atoms with Crippen molar-refractivity contribution in [2.24, 2.45) is 5.73 Å². The maximum absolute atomic E-state index is 6.48. The summed E-state index contributed by atoms with van der Waals surface area (Å²) in [5.74, 6) is 0.956. The predicted octanol–water partition coefficient (Wildman–Crippen LogP) is 3.27. The van der Waals surface area contributed by atoms with Gasteiger partial charge in [0.1, 0.15) is 5.75 Å². The van der Waals surface area contributed by atoms with Crippen LogP contribution in [-0.4, -0.2) is 31.1 Å². The normalized spacial score (nSPS) is 24.4. The van der Waals surface area contributed by atoms with E-state index in [2.05, 4.69) is 36.9 Å². The number of hydrogen-bond acceptors (Lipinski definition) is 3. The van der Waals surface area contributed by atoms with Crippen molar-refractivity contribution in [3.63, 3.8) is 0 Å². The van der Waals surface area contributed by atoms with E-state index in [0.29, 0.717) is 6.04 Å². The van der Waals surface area contributed by atoms with Crippen LogP contribution in [-0.2, 0) is 0 Å². The fraction of sp³-hybridized carbons (Fsp3) is 0.647. The molecule has 1 aromatic carbocycles. The van der Waals surface area contributed by atoms with Gasteiger partial charge in [0.2, 0.25) is 0 Å². The molecule has 0 saturated carbocycles. The summed E-state index contributed by atoms with van der Waals surface area (Å²) in [5, 5.41) is 0. The Morgan fingerprint density at radius 3 is 2.80 bits per heavy atom. The molecule has 1 fully saturated rings. The maximum atomic E-state index is 6.48. The lowest BCUT2D eigenvalue weighted by molar-refractivity contribution is 0.185. The summed E-state index contributed by atoms with van der Waals surface area (Å²) in [7, 11) is 1.72. The first-order valence-corrected chi connectivity index (χ1v) is 7.81. The number of aryl methyl sites for hydroxylation is 1. The van der Waals surface area contributed by atoms with Crippen molar-refractivity contribution < 1.29 is 4.74 Å². The molecule has 0 aliphatic carbocycles. The second-order valence-corrected chi connectivity index (χ2v) is 5.87.